The van der Waals surface area contributed by atoms with Crippen molar-refractivity contribution in [1.82, 2.24) is 4.98 Å². The van der Waals surface area contributed by atoms with E-state index in [1.165, 1.54) is 0 Å². The van der Waals surface area contributed by atoms with Crippen LogP contribution in [-0.2, 0) is 0 Å². The summed E-state index contributed by atoms with van der Waals surface area (Å²) in [5.41, 5.74) is 6.58. The summed E-state index contributed by atoms with van der Waals surface area (Å²) in [5.74, 6) is 1.68. The maximum Gasteiger partial charge on any atom is 0.151 e. The number of anilines is 2. The summed E-state index contributed by atoms with van der Waals surface area (Å²) in [6, 6.07) is 3.70. The van der Waals surface area contributed by atoms with Crippen LogP contribution in [0.2, 0.25) is 0 Å². The van der Waals surface area contributed by atoms with Gasteiger partial charge in [0.1, 0.15) is 0 Å². The Morgan fingerprint density at radius 3 is 3.00 bits per heavy atom. The minimum atomic E-state index is 0.240. The summed E-state index contributed by atoms with van der Waals surface area (Å²) >= 11 is 0. The lowest BCUT2D eigenvalue weighted by Crippen LogP contribution is -2.22. The van der Waals surface area contributed by atoms with Crippen molar-refractivity contribution in [2.45, 2.75) is 6.92 Å². The number of rotatable bonds is 2. The van der Waals surface area contributed by atoms with Crippen molar-refractivity contribution in [3.63, 3.8) is 0 Å². The molecule has 0 bridgehead atoms. The van der Waals surface area contributed by atoms with Crippen LogP contribution in [0, 0.1) is 11.8 Å². The Balaban J connectivity index is 2.17. The fraction of sp³-hybridized carbons (Fsp3) is 0.545. The van der Waals surface area contributed by atoms with Gasteiger partial charge in [-0.2, -0.15) is 0 Å². The highest BCUT2D eigenvalue weighted by Crippen LogP contribution is 2.29. The molecule has 1 saturated heterocycles. The highest BCUT2D eigenvalue weighted by molar-refractivity contribution is 5.62. The summed E-state index contributed by atoms with van der Waals surface area (Å²) in [5, 5.41) is 9.19. The van der Waals surface area contributed by atoms with Crippen LogP contribution in [-0.4, -0.2) is 29.8 Å². The number of nitrogen functional groups attached to an aromatic ring is 1. The number of hydrogen-bond donors (Lipinski definition) is 2. The van der Waals surface area contributed by atoms with E-state index in [-0.39, 0.29) is 6.61 Å². The third-order valence-electron chi connectivity index (χ3n) is 3.12. The van der Waals surface area contributed by atoms with Crippen LogP contribution >= 0.6 is 0 Å². The van der Waals surface area contributed by atoms with E-state index in [4.69, 9.17) is 5.73 Å². The summed E-state index contributed by atoms with van der Waals surface area (Å²) < 4.78 is 0. The molecule has 82 valence electrons. The molecule has 0 aromatic carbocycles. The fourth-order valence-electron chi connectivity index (χ4n) is 2.12. The molecule has 1 aromatic heterocycles. The Bertz CT molecular complexity index is 342. The van der Waals surface area contributed by atoms with Crippen LogP contribution in [0.4, 0.5) is 11.5 Å². The molecule has 4 heteroatoms. The molecule has 0 saturated carbocycles. The number of nitrogens with zero attached hydrogens (tertiary/aromatic N) is 2. The van der Waals surface area contributed by atoms with Gasteiger partial charge < -0.3 is 15.7 Å². The largest absolute Gasteiger partial charge is 0.396 e. The van der Waals surface area contributed by atoms with Gasteiger partial charge in [0, 0.05) is 31.8 Å². The van der Waals surface area contributed by atoms with Crippen LogP contribution in [0.25, 0.3) is 0 Å². The lowest BCUT2D eigenvalue weighted by atomic mass is 10.00. The first-order valence-corrected chi connectivity index (χ1v) is 5.28. The second-order valence-electron chi connectivity index (χ2n) is 4.24. The Hall–Kier alpha value is -1.29. The standard InChI is InChI=1S/C11H17N3O/c1-8-5-14(6-9(8)7-15)11-10(12)3-2-4-13-11/h2-4,8-9,15H,5-7,12H2,1H3/t8-,9-/m0/s1. The number of aliphatic hydroxyl groups excluding tert-OH is 1. The second-order valence-corrected chi connectivity index (χ2v) is 4.24. The minimum absolute atomic E-state index is 0.240. The van der Waals surface area contributed by atoms with Crippen LogP contribution in [0.5, 0.6) is 0 Å². The van der Waals surface area contributed by atoms with Crippen molar-refractivity contribution < 1.29 is 5.11 Å². The quantitative estimate of drug-likeness (QED) is 0.750. The van der Waals surface area contributed by atoms with Gasteiger partial charge in [-0.3, -0.25) is 0 Å². The molecular weight excluding hydrogens is 190 g/mol. The van der Waals surface area contributed by atoms with E-state index in [0.717, 1.165) is 18.9 Å². The van der Waals surface area contributed by atoms with E-state index in [2.05, 4.69) is 16.8 Å². The highest BCUT2D eigenvalue weighted by atomic mass is 16.3. The zero-order chi connectivity index (χ0) is 10.8. The molecule has 1 aromatic rings. The molecule has 4 nitrogen and oxygen atoms in total. The van der Waals surface area contributed by atoms with Gasteiger partial charge in [0.2, 0.25) is 0 Å². The van der Waals surface area contributed by atoms with E-state index < -0.39 is 0 Å². The topological polar surface area (TPSA) is 62.4 Å². The Kier molecular flexibility index (Phi) is 2.77. The lowest BCUT2D eigenvalue weighted by Gasteiger charge is -2.18. The average Bonchev–Trinajstić information content (AvgIpc) is 2.60. The molecule has 15 heavy (non-hydrogen) atoms. The second kappa shape index (κ2) is 4.06. The molecule has 0 spiro atoms. The Morgan fingerprint density at radius 1 is 1.60 bits per heavy atom. The van der Waals surface area contributed by atoms with E-state index >= 15 is 0 Å². The maximum absolute atomic E-state index is 9.19. The van der Waals surface area contributed by atoms with Gasteiger partial charge in [0.15, 0.2) is 5.82 Å². The number of nitrogens with two attached hydrogens (primary N) is 1. The van der Waals surface area contributed by atoms with Crippen molar-refractivity contribution in [3.8, 4) is 0 Å². The summed E-state index contributed by atoms with van der Waals surface area (Å²) in [4.78, 5) is 6.44. The monoisotopic (exact) mass is 207 g/mol. The number of pyridine rings is 1. The normalized spacial score (nSPS) is 25.9. The lowest BCUT2D eigenvalue weighted by molar-refractivity contribution is 0.212. The van der Waals surface area contributed by atoms with Gasteiger partial charge >= 0.3 is 0 Å². The van der Waals surface area contributed by atoms with Crippen LogP contribution < -0.4 is 10.6 Å². The molecule has 1 aliphatic rings. The third-order valence-corrected chi connectivity index (χ3v) is 3.12. The van der Waals surface area contributed by atoms with Gasteiger partial charge in [0.05, 0.1) is 5.69 Å². The first-order valence-electron chi connectivity index (χ1n) is 5.28. The van der Waals surface area contributed by atoms with Gasteiger partial charge in [-0.1, -0.05) is 6.92 Å². The third kappa shape index (κ3) is 1.90. The molecule has 0 radical (unpaired) electrons. The Morgan fingerprint density at radius 2 is 2.40 bits per heavy atom. The molecule has 1 aliphatic heterocycles. The van der Waals surface area contributed by atoms with Gasteiger partial charge in [-0.25, -0.2) is 4.98 Å². The molecule has 0 unspecified atom stereocenters. The van der Waals surface area contributed by atoms with Crippen molar-refractivity contribution in [1.29, 1.82) is 0 Å². The predicted octanol–water partition coefficient (Wildman–Crippen LogP) is 0.728. The predicted molar refractivity (Wildman–Crippen MR) is 60.6 cm³/mol. The number of aliphatic hydroxyl groups is 1. The molecule has 0 amide bonds. The van der Waals surface area contributed by atoms with Gasteiger partial charge in [-0.15, -0.1) is 0 Å². The highest BCUT2D eigenvalue weighted by Gasteiger charge is 2.30. The zero-order valence-electron chi connectivity index (χ0n) is 8.93. The molecule has 2 atom stereocenters. The molecule has 2 heterocycles. The SMILES string of the molecule is C[C@H]1CN(c2ncccc2N)C[C@H]1CO. The van der Waals surface area contributed by atoms with Gasteiger partial charge in [-0.05, 0) is 18.1 Å². The van der Waals surface area contributed by atoms with E-state index in [0.29, 0.717) is 17.5 Å². The van der Waals surface area contributed by atoms with Gasteiger partial charge in [0.25, 0.3) is 0 Å². The average molecular weight is 207 g/mol. The molecular formula is C11H17N3O. The molecule has 3 N–H and O–H groups in total. The molecule has 1 fully saturated rings. The van der Waals surface area contributed by atoms with Crippen molar-refractivity contribution >= 4 is 11.5 Å². The van der Waals surface area contributed by atoms with Crippen molar-refractivity contribution in [2.75, 3.05) is 30.3 Å². The first-order chi connectivity index (χ1) is 7.22. The van der Waals surface area contributed by atoms with Crippen molar-refractivity contribution in [2.24, 2.45) is 11.8 Å². The molecule has 0 aliphatic carbocycles. The van der Waals surface area contributed by atoms with Crippen LogP contribution in [0.3, 0.4) is 0 Å². The maximum atomic E-state index is 9.19. The zero-order valence-corrected chi connectivity index (χ0v) is 8.93. The van der Waals surface area contributed by atoms with Crippen LogP contribution in [0.1, 0.15) is 6.92 Å². The summed E-state index contributed by atoms with van der Waals surface area (Å²) in [7, 11) is 0. The van der Waals surface area contributed by atoms with E-state index in [1.807, 2.05) is 12.1 Å². The smallest absolute Gasteiger partial charge is 0.151 e. The summed E-state index contributed by atoms with van der Waals surface area (Å²) in [6.45, 7) is 4.16. The number of hydrogen-bond acceptors (Lipinski definition) is 4. The first kappa shape index (κ1) is 10.2. The Labute approximate surface area is 89.7 Å². The van der Waals surface area contributed by atoms with Crippen LogP contribution in [0.15, 0.2) is 18.3 Å². The van der Waals surface area contributed by atoms with E-state index in [1.54, 1.807) is 6.20 Å². The minimum Gasteiger partial charge on any atom is -0.396 e. The number of aromatic nitrogens is 1. The van der Waals surface area contributed by atoms with Crippen molar-refractivity contribution in [3.05, 3.63) is 18.3 Å². The molecule has 2 rings (SSSR count). The van der Waals surface area contributed by atoms with E-state index in [9.17, 15) is 5.11 Å². The fourth-order valence-corrected chi connectivity index (χ4v) is 2.12. The summed E-state index contributed by atoms with van der Waals surface area (Å²) in [6.07, 6.45) is 1.75.